The standard InChI is InChI=1S/C20H20N2O3S2/c1-14-7-8-16(11-15(14)2)27-13-20(24)25-12-19(23)22-17-5-3-4-6-18(17)26-10-9-21/h3-8,11H,10,12-13H2,1-2H3,(H,22,23). The van der Waals surface area contributed by atoms with Gasteiger partial charge in [-0.15, -0.1) is 23.5 Å². The van der Waals surface area contributed by atoms with Crippen molar-refractivity contribution in [3.8, 4) is 6.07 Å². The number of nitrogens with one attached hydrogen (secondary N) is 1. The first kappa shape index (κ1) is 20.9. The molecule has 0 aliphatic heterocycles. The van der Waals surface area contributed by atoms with E-state index in [1.165, 1.54) is 34.7 Å². The van der Waals surface area contributed by atoms with Gasteiger partial charge >= 0.3 is 5.97 Å². The van der Waals surface area contributed by atoms with Crippen molar-refractivity contribution in [1.29, 1.82) is 5.26 Å². The molecule has 2 aromatic rings. The predicted octanol–water partition coefficient (Wildman–Crippen LogP) is 4.19. The fourth-order valence-corrected chi connectivity index (χ4v) is 3.59. The molecule has 0 bridgehead atoms. The number of nitrogens with zero attached hydrogens (tertiary/aromatic N) is 1. The van der Waals surface area contributed by atoms with Gasteiger partial charge in [0.1, 0.15) is 0 Å². The van der Waals surface area contributed by atoms with Crippen LogP contribution in [0.1, 0.15) is 11.1 Å². The zero-order chi connectivity index (χ0) is 19.6. The Morgan fingerprint density at radius 3 is 2.63 bits per heavy atom. The number of esters is 1. The molecule has 0 fully saturated rings. The highest BCUT2D eigenvalue weighted by molar-refractivity contribution is 8.00. The fraction of sp³-hybridized carbons (Fsp3) is 0.250. The highest BCUT2D eigenvalue weighted by Gasteiger charge is 2.11. The molecule has 0 aliphatic rings. The van der Waals surface area contributed by atoms with Crippen LogP contribution >= 0.6 is 23.5 Å². The second kappa shape index (κ2) is 10.7. The van der Waals surface area contributed by atoms with Crippen LogP contribution in [0.5, 0.6) is 0 Å². The molecule has 5 nitrogen and oxygen atoms in total. The molecule has 0 spiro atoms. The lowest BCUT2D eigenvalue weighted by molar-refractivity contribution is -0.144. The quantitative estimate of drug-likeness (QED) is 0.529. The number of carbonyl (C=O) groups is 2. The fourth-order valence-electron chi connectivity index (χ4n) is 2.13. The van der Waals surface area contributed by atoms with Gasteiger partial charge in [-0.3, -0.25) is 9.59 Å². The molecule has 7 heteroatoms. The Kier molecular flexibility index (Phi) is 8.24. The number of para-hydroxylation sites is 1. The minimum atomic E-state index is -0.444. The molecule has 27 heavy (non-hydrogen) atoms. The number of carbonyl (C=O) groups excluding carboxylic acids is 2. The minimum Gasteiger partial charge on any atom is -0.455 e. The summed E-state index contributed by atoms with van der Waals surface area (Å²) in [4.78, 5) is 25.7. The summed E-state index contributed by atoms with van der Waals surface area (Å²) in [5.41, 5.74) is 2.97. The van der Waals surface area contributed by atoms with Gasteiger partial charge in [-0.05, 0) is 49.2 Å². The summed E-state index contributed by atoms with van der Waals surface area (Å²) in [6.45, 7) is 3.71. The van der Waals surface area contributed by atoms with Gasteiger partial charge in [-0.2, -0.15) is 5.26 Å². The van der Waals surface area contributed by atoms with E-state index in [0.29, 0.717) is 5.69 Å². The minimum absolute atomic E-state index is 0.143. The van der Waals surface area contributed by atoms with Gasteiger partial charge in [-0.25, -0.2) is 0 Å². The molecule has 0 radical (unpaired) electrons. The van der Waals surface area contributed by atoms with Crippen LogP contribution in [-0.2, 0) is 14.3 Å². The Morgan fingerprint density at radius 1 is 1.11 bits per heavy atom. The molecule has 2 rings (SSSR count). The molecular weight excluding hydrogens is 380 g/mol. The molecule has 1 N–H and O–H groups in total. The van der Waals surface area contributed by atoms with Crippen molar-refractivity contribution < 1.29 is 14.3 Å². The average molecular weight is 401 g/mol. The van der Waals surface area contributed by atoms with Crippen molar-refractivity contribution in [2.24, 2.45) is 0 Å². The van der Waals surface area contributed by atoms with Gasteiger partial charge in [-0.1, -0.05) is 18.2 Å². The summed E-state index contributed by atoms with van der Waals surface area (Å²) in [7, 11) is 0. The van der Waals surface area contributed by atoms with Crippen molar-refractivity contribution in [1.82, 2.24) is 0 Å². The number of anilines is 1. The van der Waals surface area contributed by atoms with Gasteiger partial charge in [0.05, 0.1) is 23.3 Å². The predicted molar refractivity (Wildman–Crippen MR) is 109 cm³/mol. The molecular formula is C20H20N2O3S2. The van der Waals surface area contributed by atoms with Crippen LogP contribution in [0.3, 0.4) is 0 Å². The molecule has 0 atom stereocenters. The second-order valence-corrected chi connectivity index (χ2v) is 7.75. The number of amides is 1. The van der Waals surface area contributed by atoms with E-state index in [4.69, 9.17) is 10.00 Å². The molecule has 0 aromatic heterocycles. The van der Waals surface area contributed by atoms with Crippen LogP contribution in [0.4, 0.5) is 5.69 Å². The summed E-state index contributed by atoms with van der Waals surface area (Å²) in [5.74, 6) is -0.424. The number of aryl methyl sites for hydroxylation is 2. The first-order valence-electron chi connectivity index (χ1n) is 8.24. The van der Waals surface area contributed by atoms with E-state index < -0.39 is 11.9 Å². The zero-order valence-corrected chi connectivity index (χ0v) is 16.8. The summed E-state index contributed by atoms with van der Waals surface area (Å²) in [6, 6.07) is 15.2. The van der Waals surface area contributed by atoms with Crippen LogP contribution < -0.4 is 5.32 Å². The van der Waals surface area contributed by atoms with E-state index in [0.717, 1.165) is 9.79 Å². The number of ether oxygens (including phenoxy) is 1. The molecule has 0 unspecified atom stereocenters. The van der Waals surface area contributed by atoms with E-state index in [1.807, 2.05) is 50.2 Å². The molecule has 0 aliphatic carbocycles. The first-order chi connectivity index (χ1) is 13.0. The van der Waals surface area contributed by atoms with E-state index in [9.17, 15) is 9.59 Å². The third-order valence-electron chi connectivity index (χ3n) is 3.65. The Bertz CT molecular complexity index is 863. The van der Waals surface area contributed by atoms with Gasteiger partial charge in [0.15, 0.2) is 6.61 Å². The van der Waals surface area contributed by atoms with E-state index in [-0.39, 0.29) is 18.1 Å². The van der Waals surface area contributed by atoms with Crippen molar-refractivity contribution in [3.05, 3.63) is 53.6 Å². The van der Waals surface area contributed by atoms with Crippen LogP contribution in [0.25, 0.3) is 0 Å². The Morgan fingerprint density at radius 2 is 1.89 bits per heavy atom. The highest BCUT2D eigenvalue weighted by Crippen LogP contribution is 2.26. The number of benzene rings is 2. The lowest BCUT2D eigenvalue weighted by Gasteiger charge is -2.10. The molecule has 1 amide bonds. The Balaban J connectivity index is 1.79. The Labute approximate surface area is 167 Å². The number of hydrogen-bond donors (Lipinski definition) is 1. The van der Waals surface area contributed by atoms with Crippen LogP contribution in [0.2, 0.25) is 0 Å². The van der Waals surface area contributed by atoms with Crippen LogP contribution in [0.15, 0.2) is 52.3 Å². The molecule has 0 saturated heterocycles. The number of nitriles is 1. The van der Waals surface area contributed by atoms with Crippen molar-refractivity contribution >= 4 is 41.1 Å². The van der Waals surface area contributed by atoms with Gasteiger partial charge in [0.2, 0.25) is 0 Å². The maximum absolute atomic E-state index is 12.0. The molecule has 0 saturated carbocycles. The summed E-state index contributed by atoms with van der Waals surface area (Å²) in [6.07, 6.45) is 0. The van der Waals surface area contributed by atoms with E-state index >= 15 is 0 Å². The zero-order valence-electron chi connectivity index (χ0n) is 15.2. The highest BCUT2D eigenvalue weighted by atomic mass is 32.2. The van der Waals surface area contributed by atoms with Gasteiger partial charge < -0.3 is 10.1 Å². The maximum atomic E-state index is 12.0. The normalized spacial score (nSPS) is 10.1. The van der Waals surface area contributed by atoms with E-state index in [1.54, 1.807) is 12.1 Å². The Hall–Kier alpha value is -2.43. The van der Waals surface area contributed by atoms with Crippen molar-refractivity contribution in [2.45, 2.75) is 23.6 Å². The number of rotatable bonds is 8. The van der Waals surface area contributed by atoms with Crippen molar-refractivity contribution in [2.75, 3.05) is 23.4 Å². The molecule has 140 valence electrons. The van der Waals surface area contributed by atoms with E-state index in [2.05, 4.69) is 5.32 Å². The van der Waals surface area contributed by atoms with Crippen molar-refractivity contribution in [3.63, 3.8) is 0 Å². The average Bonchev–Trinajstić information content (AvgIpc) is 2.66. The number of hydrogen-bond acceptors (Lipinski definition) is 6. The summed E-state index contributed by atoms with van der Waals surface area (Å²) >= 11 is 2.71. The summed E-state index contributed by atoms with van der Waals surface area (Å²) < 4.78 is 5.04. The molecule has 2 aromatic carbocycles. The third-order valence-corrected chi connectivity index (χ3v) is 5.56. The third kappa shape index (κ3) is 7.00. The number of thioether (sulfide) groups is 2. The lowest BCUT2D eigenvalue weighted by atomic mass is 10.1. The maximum Gasteiger partial charge on any atom is 0.316 e. The SMILES string of the molecule is Cc1ccc(SCC(=O)OCC(=O)Nc2ccccc2SCC#N)cc1C. The monoisotopic (exact) mass is 400 g/mol. The largest absolute Gasteiger partial charge is 0.455 e. The second-order valence-electron chi connectivity index (χ2n) is 5.69. The lowest BCUT2D eigenvalue weighted by Crippen LogP contribution is -2.21. The van der Waals surface area contributed by atoms with Gasteiger partial charge in [0.25, 0.3) is 5.91 Å². The smallest absolute Gasteiger partial charge is 0.316 e. The van der Waals surface area contributed by atoms with Crippen LogP contribution in [-0.4, -0.2) is 30.0 Å². The topological polar surface area (TPSA) is 79.2 Å². The molecule has 0 heterocycles. The van der Waals surface area contributed by atoms with Gasteiger partial charge in [0, 0.05) is 9.79 Å². The first-order valence-corrected chi connectivity index (χ1v) is 10.2. The van der Waals surface area contributed by atoms with Crippen LogP contribution in [0, 0.1) is 25.2 Å². The summed E-state index contributed by atoms with van der Waals surface area (Å²) in [5, 5.41) is 11.4.